The Bertz CT molecular complexity index is 525. The van der Waals surface area contributed by atoms with Gasteiger partial charge in [-0.1, -0.05) is 12.1 Å². The molecule has 0 radical (unpaired) electrons. The summed E-state index contributed by atoms with van der Waals surface area (Å²) in [7, 11) is 3.98. The van der Waals surface area contributed by atoms with Crippen molar-refractivity contribution in [3.63, 3.8) is 0 Å². The number of carbonyl (C=O) groups is 1. The Hall–Kier alpha value is -1.50. The van der Waals surface area contributed by atoms with Gasteiger partial charge >= 0.3 is 0 Å². The second kappa shape index (κ2) is 9.71. The molecule has 0 aromatic heterocycles. The van der Waals surface area contributed by atoms with E-state index in [0.29, 0.717) is 32.7 Å². The molecule has 1 aliphatic heterocycles. The van der Waals surface area contributed by atoms with Crippen molar-refractivity contribution in [3.05, 3.63) is 35.6 Å². The summed E-state index contributed by atoms with van der Waals surface area (Å²) in [5.74, 6) is -0.306. The molecule has 1 aromatic carbocycles. The zero-order valence-electron chi connectivity index (χ0n) is 14.5. The Morgan fingerprint density at radius 3 is 3.04 bits per heavy atom. The van der Waals surface area contributed by atoms with Crippen molar-refractivity contribution in [3.8, 4) is 0 Å². The van der Waals surface area contributed by atoms with E-state index in [9.17, 15) is 9.18 Å². The van der Waals surface area contributed by atoms with E-state index in [1.54, 1.807) is 6.07 Å². The van der Waals surface area contributed by atoms with Gasteiger partial charge in [0.15, 0.2) is 0 Å². The lowest BCUT2D eigenvalue weighted by atomic mass is 10.0. The fraction of sp³-hybridized carbons (Fsp3) is 0.611. The van der Waals surface area contributed by atoms with Crippen LogP contribution in [0.25, 0.3) is 0 Å². The number of hydrogen-bond acceptors (Lipinski definition) is 4. The first-order valence-electron chi connectivity index (χ1n) is 8.42. The van der Waals surface area contributed by atoms with Crippen LogP contribution in [0.1, 0.15) is 18.4 Å². The molecular formula is C18H27FN2O3. The molecule has 0 saturated carbocycles. The van der Waals surface area contributed by atoms with Gasteiger partial charge in [-0.05, 0) is 44.6 Å². The summed E-state index contributed by atoms with van der Waals surface area (Å²) in [5, 5.41) is 3.04. The molecule has 0 aliphatic carbocycles. The molecule has 5 nitrogen and oxygen atoms in total. The highest BCUT2D eigenvalue weighted by molar-refractivity contribution is 5.76. The molecule has 0 spiro atoms. The molecule has 6 heteroatoms. The molecule has 24 heavy (non-hydrogen) atoms. The van der Waals surface area contributed by atoms with Gasteiger partial charge in [0.05, 0.1) is 19.3 Å². The fourth-order valence-corrected chi connectivity index (χ4v) is 2.66. The third-order valence-corrected chi connectivity index (χ3v) is 4.05. The summed E-state index contributed by atoms with van der Waals surface area (Å²) < 4.78 is 24.5. The molecule has 2 rings (SSSR count). The van der Waals surface area contributed by atoms with Crippen LogP contribution in [0.5, 0.6) is 0 Å². The average molecular weight is 338 g/mol. The minimum atomic E-state index is -0.272. The molecule has 1 N–H and O–H groups in total. The quantitative estimate of drug-likeness (QED) is 0.782. The zero-order chi connectivity index (χ0) is 17.4. The van der Waals surface area contributed by atoms with Crippen LogP contribution in [-0.4, -0.2) is 63.4 Å². The minimum Gasteiger partial charge on any atom is -0.379 e. The van der Waals surface area contributed by atoms with Gasteiger partial charge in [0, 0.05) is 19.6 Å². The van der Waals surface area contributed by atoms with E-state index < -0.39 is 0 Å². The van der Waals surface area contributed by atoms with Crippen LogP contribution in [0.3, 0.4) is 0 Å². The Kier molecular flexibility index (Phi) is 7.62. The van der Waals surface area contributed by atoms with Crippen LogP contribution in [0.15, 0.2) is 24.3 Å². The van der Waals surface area contributed by atoms with Gasteiger partial charge in [-0.2, -0.15) is 0 Å². The van der Waals surface area contributed by atoms with E-state index >= 15 is 0 Å². The van der Waals surface area contributed by atoms with Gasteiger partial charge in [-0.25, -0.2) is 4.39 Å². The lowest BCUT2D eigenvalue weighted by Crippen LogP contribution is -2.50. The summed E-state index contributed by atoms with van der Waals surface area (Å²) in [4.78, 5) is 14.2. The molecule has 0 bridgehead atoms. The Morgan fingerprint density at radius 2 is 2.29 bits per heavy atom. The number of likely N-dealkylation sites (N-methyl/N-ethyl adjacent to an activating group) is 1. The molecule has 1 aliphatic rings. The van der Waals surface area contributed by atoms with Crippen molar-refractivity contribution >= 4 is 5.91 Å². The number of rotatable bonds is 8. The Balaban J connectivity index is 1.77. The predicted molar refractivity (Wildman–Crippen MR) is 90.4 cm³/mol. The number of carbonyl (C=O) groups excluding carboxylic acids is 1. The van der Waals surface area contributed by atoms with Gasteiger partial charge in [0.1, 0.15) is 11.9 Å². The highest BCUT2D eigenvalue weighted by atomic mass is 19.1. The Labute approximate surface area is 143 Å². The number of halogens is 1. The number of ether oxygens (including phenoxy) is 2. The van der Waals surface area contributed by atoms with E-state index in [-0.39, 0.29) is 23.9 Å². The first kappa shape index (κ1) is 18.8. The van der Waals surface area contributed by atoms with Crippen LogP contribution in [0.2, 0.25) is 0 Å². The van der Waals surface area contributed by atoms with Crippen LogP contribution in [0.4, 0.5) is 4.39 Å². The van der Waals surface area contributed by atoms with E-state index in [1.807, 2.05) is 20.2 Å². The number of aryl methyl sites for hydroxylation is 1. The van der Waals surface area contributed by atoms with Crippen molar-refractivity contribution in [1.29, 1.82) is 0 Å². The van der Waals surface area contributed by atoms with E-state index in [1.165, 1.54) is 12.1 Å². The van der Waals surface area contributed by atoms with Gasteiger partial charge < -0.3 is 19.7 Å². The van der Waals surface area contributed by atoms with E-state index in [0.717, 1.165) is 18.5 Å². The fourth-order valence-electron chi connectivity index (χ4n) is 2.66. The first-order chi connectivity index (χ1) is 11.5. The molecular weight excluding hydrogens is 311 g/mol. The van der Waals surface area contributed by atoms with Gasteiger partial charge in [0.25, 0.3) is 0 Å². The maximum Gasteiger partial charge on any atom is 0.220 e. The first-order valence-corrected chi connectivity index (χ1v) is 8.42. The van der Waals surface area contributed by atoms with Gasteiger partial charge in [-0.15, -0.1) is 0 Å². The third kappa shape index (κ3) is 6.55. The van der Waals surface area contributed by atoms with Crippen LogP contribution >= 0.6 is 0 Å². The monoisotopic (exact) mass is 338 g/mol. The van der Waals surface area contributed by atoms with E-state index in [4.69, 9.17) is 9.47 Å². The van der Waals surface area contributed by atoms with E-state index in [2.05, 4.69) is 10.2 Å². The summed E-state index contributed by atoms with van der Waals surface area (Å²) in [5.41, 5.74) is 0.830. The standard InChI is InChI=1S/C18H27FN2O3/c1-21(2)9-11-24-17-13-23-10-8-16(17)20-18(22)7-6-14-4-3-5-15(19)12-14/h3-5,12,16-17H,6-11,13H2,1-2H3,(H,20,22)/t16-,17-/m1/s1. The highest BCUT2D eigenvalue weighted by Crippen LogP contribution is 2.12. The largest absolute Gasteiger partial charge is 0.379 e. The summed E-state index contributed by atoms with van der Waals surface area (Å²) in [6, 6.07) is 6.34. The van der Waals surface area contributed by atoms with Crippen molar-refractivity contribution in [2.45, 2.75) is 31.4 Å². The molecule has 1 aromatic rings. The predicted octanol–water partition coefficient (Wildman–Crippen LogP) is 1.61. The molecule has 134 valence electrons. The van der Waals surface area contributed by atoms with Crippen molar-refractivity contribution in [1.82, 2.24) is 10.2 Å². The summed E-state index contributed by atoms with van der Waals surface area (Å²) in [6.07, 6.45) is 1.50. The highest BCUT2D eigenvalue weighted by Gasteiger charge is 2.27. The van der Waals surface area contributed by atoms with Crippen molar-refractivity contribution in [2.24, 2.45) is 0 Å². The van der Waals surface area contributed by atoms with Crippen molar-refractivity contribution < 1.29 is 18.7 Å². The average Bonchev–Trinajstić information content (AvgIpc) is 2.54. The number of benzene rings is 1. The molecule has 1 amide bonds. The number of amides is 1. The minimum absolute atomic E-state index is 0.0269. The van der Waals surface area contributed by atoms with Crippen molar-refractivity contribution in [2.75, 3.05) is 40.5 Å². The summed E-state index contributed by atoms with van der Waals surface area (Å²) in [6.45, 7) is 2.57. The molecule has 2 atom stereocenters. The summed E-state index contributed by atoms with van der Waals surface area (Å²) >= 11 is 0. The zero-order valence-corrected chi connectivity index (χ0v) is 14.5. The lowest BCUT2D eigenvalue weighted by molar-refractivity contribution is -0.126. The molecule has 1 heterocycles. The Morgan fingerprint density at radius 1 is 1.46 bits per heavy atom. The maximum absolute atomic E-state index is 13.2. The molecule has 0 unspecified atom stereocenters. The SMILES string of the molecule is CN(C)CCO[C@@H]1COCC[C@H]1NC(=O)CCc1cccc(F)c1. The second-order valence-electron chi connectivity index (χ2n) is 6.38. The van der Waals surface area contributed by atoms with Gasteiger partial charge in [0.2, 0.25) is 5.91 Å². The normalized spacial score (nSPS) is 21.0. The lowest BCUT2D eigenvalue weighted by Gasteiger charge is -2.32. The smallest absolute Gasteiger partial charge is 0.220 e. The van der Waals surface area contributed by atoms with Gasteiger partial charge in [-0.3, -0.25) is 4.79 Å². The van der Waals surface area contributed by atoms with Crippen LogP contribution in [-0.2, 0) is 20.7 Å². The second-order valence-corrected chi connectivity index (χ2v) is 6.38. The number of nitrogens with one attached hydrogen (secondary N) is 1. The maximum atomic E-state index is 13.2. The number of hydrogen-bond donors (Lipinski definition) is 1. The molecule has 1 fully saturated rings. The van der Waals surface area contributed by atoms with Crippen LogP contribution < -0.4 is 5.32 Å². The van der Waals surface area contributed by atoms with Crippen LogP contribution in [0, 0.1) is 5.82 Å². The molecule has 1 saturated heterocycles. The topological polar surface area (TPSA) is 50.8 Å². The third-order valence-electron chi connectivity index (χ3n) is 4.05. The number of nitrogens with zero attached hydrogens (tertiary/aromatic N) is 1.